The van der Waals surface area contributed by atoms with Gasteiger partial charge in [0, 0.05) is 87.8 Å². The summed E-state index contributed by atoms with van der Waals surface area (Å²) in [5, 5.41) is 19.4. The van der Waals surface area contributed by atoms with Crippen LogP contribution in [0.1, 0.15) is 134 Å². The molecular formula is C54H74F3N11O7. The first-order valence-corrected chi connectivity index (χ1v) is 27.1. The number of halogens is 3. The summed E-state index contributed by atoms with van der Waals surface area (Å²) < 4.78 is 46.9. The van der Waals surface area contributed by atoms with E-state index in [1.807, 2.05) is 11.0 Å². The second kappa shape index (κ2) is 25.3. The highest BCUT2D eigenvalue weighted by Gasteiger charge is 2.45. The zero-order chi connectivity index (χ0) is 53.2. The van der Waals surface area contributed by atoms with Crippen LogP contribution < -0.4 is 31.9 Å². The van der Waals surface area contributed by atoms with Gasteiger partial charge in [0.2, 0.25) is 35.4 Å². The minimum absolute atomic E-state index is 0.0212. The number of nitrogens with zero attached hydrogens (tertiary/aromatic N) is 5. The highest BCUT2D eigenvalue weighted by atomic mass is 19.4. The Morgan fingerprint density at radius 1 is 0.840 bits per heavy atom. The van der Waals surface area contributed by atoms with E-state index >= 15 is 0 Å². The lowest BCUT2D eigenvalue weighted by atomic mass is 9.83. The topological polar surface area (TPSA) is 229 Å². The van der Waals surface area contributed by atoms with Crippen molar-refractivity contribution in [2.45, 2.75) is 171 Å². The molecule has 75 heavy (non-hydrogen) atoms. The minimum Gasteiger partial charge on any atom is -0.378 e. The van der Waals surface area contributed by atoms with Crippen LogP contribution >= 0.6 is 0 Å². The summed E-state index contributed by atoms with van der Waals surface area (Å²) in [5.41, 5.74) is 0.301. The molecule has 3 aliphatic carbocycles. The van der Waals surface area contributed by atoms with Crippen LogP contribution in [0.4, 0.5) is 19.0 Å². The Bertz CT molecular complexity index is 2470. The Hall–Kier alpha value is -5.96. The van der Waals surface area contributed by atoms with Crippen LogP contribution in [0.25, 0.3) is 10.9 Å². The lowest BCUT2D eigenvalue weighted by Gasteiger charge is -2.42. The number of benzene rings is 1. The van der Waals surface area contributed by atoms with Gasteiger partial charge in [-0.25, -0.2) is 9.97 Å². The van der Waals surface area contributed by atoms with Crippen LogP contribution in [0.2, 0.25) is 0 Å². The molecular weight excluding hydrogens is 972 g/mol. The molecule has 0 bridgehead atoms. The molecule has 2 aliphatic heterocycles. The van der Waals surface area contributed by atoms with Crippen molar-refractivity contribution in [3.05, 3.63) is 60.2 Å². The van der Waals surface area contributed by atoms with E-state index in [0.29, 0.717) is 82.4 Å². The number of amides is 6. The molecule has 4 heterocycles. The molecule has 6 amide bonds. The average molecular weight is 1050 g/mol. The fourth-order valence-corrected chi connectivity index (χ4v) is 11.7. The molecule has 18 nitrogen and oxygen atoms in total. The van der Waals surface area contributed by atoms with E-state index in [1.165, 1.54) is 12.4 Å². The first kappa shape index (κ1) is 55.3. The first-order chi connectivity index (χ1) is 36.0. The Morgan fingerprint density at radius 3 is 2.27 bits per heavy atom. The molecule has 1 aromatic carbocycles. The first-order valence-electron chi connectivity index (χ1n) is 27.1. The number of pyridine rings is 1. The summed E-state index contributed by atoms with van der Waals surface area (Å²) in [4.78, 5) is 95.3. The van der Waals surface area contributed by atoms with E-state index < -0.39 is 29.7 Å². The molecule has 6 atom stereocenters. The third kappa shape index (κ3) is 14.5. The van der Waals surface area contributed by atoms with E-state index in [1.54, 1.807) is 30.4 Å². The molecule has 8 rings (SSSR count). The van der Waals surface area contributed by atoms with E-state index in [0.717, 1.165) is 56.3 Å². The van der Waals surface area contributed by atoms with Crippen molar-refractivity contribution in [2.24, 2.45) is 17.8 Å². The Kier molecular flexibility index (Phi) is 18.6. The molecule has 0 spiro atoms. The normalized spacial score (nSPS) is 27.3. The van der Waals surface area contributed by atoms with E-state index in [9.17, 15) is 41.9 Å². The van der Waals surface area contributed by atoms with Crippen molar-refractivity contribution in [3.8, 4) is 0 Å². The van der Waals surface area contributed by atoms with E-state index in [-0.39, 0.29) is 108 Å². The number of nitrogens with one attached hydrogen (secondary N) is 6. The predicted octanol–water partition coefficient (Wildman–Crippen LogP) is 5.33. The second-order valence-electron chi connectivity index (χ2n) is 21.7. The molecule has 3 saturated carbocycles. The van der Waals surface area contributed by atoms with Gasteiger partial charge in [0.25, 0.3) is 0 Å². The van der Waals surface area contributed by atoms with Crippen LogP contribution in [-0.2, 0) is 39.7 Å². The monoisotopic (exact) mass is 1050 g/mol. The number of anilines is 1. The lowest BCUT2D eigenvalue weighted by Crippen LogP contribution is -2.59. The smallest absolute Gasteiger partial charge is 0.378 e. The number of carbonyl (C=O) groups is 6. The SMILES string of the molecule is CC(C)CN[C@@H]1CC[C@H](N2CC[C@H](Nc3ncnc4ccc(C(F)(F)F)cc34)C2=O)[C@H](NC(=O)C2CCC(NC(=O)CCCOC3CCC(NC(=O)CCNC(=O)[C@H]4CC(=O)N(C)[C@@H]4c4cccnc4)CC3)CC2)C1. The third-order valence-corrected chi connectivity index (χ3v) is 15.9. The molecule has 0 radical (unpaired) electrons. The van der Waals surface area contributed by atoms with Crippen molar-refractivity contribution in [1.82, 2.24) is 51.3 Å². The van der Waals surface area contributed by atoms with Gasteiger partial charge in [-0.3, -0.25) is 33.8 Å². The zero-order valence-electron chi connectivity index (χ0n) is 43.3. The van der Waals surface area contributed by atoms with Gasteiger partial charge >= 0.3 is 6.18 Å². The number of hydrogen-bond donors (Lipinski definition) is 6. The number of alkyl halides is 3. The number of ether oxygens (including phenoxy) is 1. The van der Waals surface area contributed by atoms with Crippen LogP contribution in [0.15, 0.2) is 49.1 Å². The van der Waals surface area contributed by atoms with Crippen LogP contribution in [-0.4, -0.2) is 136 Å². The number of carbonyl (C=O) groups excluding carboxylic acids is 6. The summed E-state index contributed by atoms with van der Waals surface area (Å²) in [6, 6.07) is 5.42. The van der Waals surface area contributed by atoms with Crippen LogP contribution in [0.3, 0.4) is 0 Å². The summed E-state index contributed by atoms with van der Waals surface area (Å²) in [7, 11) is 1.69. The summed E-state index contributed by atoms with van der Waals surface area (Å²) in [5.74, 6) is -0.961. The molecule has 0 unspecified atom stereocenters. The third-order valence-electron chi connectivity index (χ3n) is 15.9. The van der Waals surface area contributed by atoms with Crippen molar-refractivity contribution in [1.29, 1.82) is 0 Å². The van der Waals surface area contributed by atoms with Gasteiger partial charge < -0.3 is 46.4 Å². The van der Waals surface area contributed by atoms with E-state index in [4.69, 9.17) is 4.74 Å². The van der Waals surface area contributed by atoms with Crippen molar-refractivity contribution in [2.75, 3.05) is 38.6 Å². The molecule has 5 aliphatic rings. The summed E-state index contributed by atoms with van der Waals surface area (Å²) in [6.45, 7) is 6.17. The maximum Gasteiger partial charge on any atom is 0.416 e. The van der Waals surface area contributed by atoms with Gasteiger partial charge in [-0.2, -0.15) is 13.2 Å². The Labute approximate surface area is 436 Å². The van der Waals surface area contributed by atoms with Gasteiger partial charge in [0.15, 0.2) is 0 Å². The quantitative estimate of drug-likeness (QED) is 0.0790. The molecule has 2 saturated heterocycles. The molecule has 21 heteroatoms. The second-order valence-corrected chi connectivity index (χ2v) is 21.7. The number of hydrogen-bond acceptors (Lipinski definition) is 12. The van der Waals surface area contributed by atoms with E-state index in [2.05, 4.69) is 60.7 Å². The lowest BCUT2D eigenvalue weighted by molar-refractivity contribution is -0.137. The van der Waals surface area contributed by atoms with Gasteiger partial charge in [-0.15, -0.1) is 0 Å². The van der Waals surface area contributed by atoms with Crippen LogP contribution in [0, 0.1) is 17.8 Å². The van der Waals surface area contributed by atoms with Gasteiger partial charge in [0.1, 0.15) is 18.2 Å². The van der Waals surface area contributed by atoms with Crippen molar-refractivity contribution >= 4 is 52.2 Å². The number of rotatable bonds is 20. The fraction of sp³-hybridized carbons (Fsp3) is 0.648. The largest absolute Gasteiger partial charge is 0.416 e. The maximum absolute atomic E-state index is 14.1. The molecule has 6 N–H and O–H groups in total. The number of likely N-dealkylation sites (tertiary alicyclic amines) is 2. The highest BCUT2D eigenvalue weighted by molar-refractivity contribution is 5.94. The van der Waals surface area contributed by atoms with Crippen molar-refractivity contribution in [3.63, 3.8) is 0 Å². The van der Waals surface area contributed by atoms with Crippen LogP contribution in [0.5, 0.6) is 0 Å². The molecule has 3 aromatic rings. The maximum atomic E-state index is 14.1. The Morgan fingerprint density at radius 2 is 1.56 bits per heavy atom. The number of fused-ring (bicyclic) bond motifs is 1. The number of aromatic nitrogens is 3. The van der Waals surface area contributed by atoms with Crippen molar-refractivity contribution < 1.29 is 46.7 Å². The van der Waals surface area contributed by atoms with Gasteiger partial charge in [0.05, 0.1) is 41.2 Å². The summed E-state index contributed by atoms with van der Waals surface area (Å²) >= 11 is 0. The summed E-state index contributed by atoms with van der Waals surface area (Å²) in [6.07, 6.45) is 9.53. The minimum atomic E-state index is -4.55. The predicted molar refractivity (Wildman–Crippen MR) is 273 cm³/mol. The molecule has 2 aromatic heterocycles. The average Bonchev–Trinajstić information content (AvgIpc) is 3.91. The van der Waals surface area contributed by atoms with Gasteiger partial charge in [-0.05, 0) is 126 Å². The highest BCUT2D eigenvalue weighted by Crippen LogP contribution is 2.38. The Balaban J connectivity index is 0.716. The molecule has 5 fully saturated rings. The zero-order valence-corrected chi connectivity index (χ0v) is 43.3. The van der Waals surface area contributed by atoms with Gasteiger partial charge in [-0.1, -0.05) is 19.9 Å². The molecule has 408 valence electrons. The fourth-order valence-electron chi connectivity index (χ4n) is 11.7. The standard InChI is InChI=1S/C54H74F3N11O7/c1-32(2)29-60-38-15-19-45(68-24-21-43(53(68)74)65-50-40-26-35(54(55,56)57)10-18-42(40)61-31-62-50)44(27-38)66-51(72)33-8-11-36(12-9-33)63-46(69)7-5-25-75-39-16-13-37(14-17-39)64-47(70)20-23-59-52(73)41-28-48(71)67(3)49(41)34-6-4-22-58-30-34/h4,6,10,18,22,26,30-33,36-39,41,43-45,49,60H,5,7-9,11-17,19-21,23-25,27-29H2,1-3H3,(H,59,73)(H,63,69)(H,64,70)(H,66,72)(H,61,62,65)/t33?,36?,37?,38-,39?,41+,43+,44-,45+,49-/m1/s1.